The Morgan fingerprint density at radius 2 is 1.89 bits per heavy atom. The van der Waals surface area contributed by atoms with E-state index >= 15 is 0 Å². The lowest BCUT2D eigenvalue weighted by atomic mass is 9.98. The third kappa shape index (κ3) is 2.93. The summed E-state index contributed by atoms with van der Waals surface area (Å²) in [5, 5.41) is 5.61. The average Bonchev–Trinajstić information content (AvgIpc) is 3.54. The summed E-state index contributed by atoms with van der Waals surface area (Å²) in [5.41, 5.74) is 2.99. The molecule has 28 heavy (non-hydrogen) atoms. The van der Waals surface area contributed by atoms with Gasteiger partial charge < -0.3 is 4.74 Å². The van der Waals surface area contributed by atoms with E-state index in [1.807, 2.05) is 30.3 Å². The lowest BCUT2D eigenvalue weighted by Crippen LogP contribution is -2.22. The molecule has 0 aliphatic heterocycles. The molecule has 0 saturated heterocycles. The molecular weight excluding hydrogens is 352 g/mol. The number of hydrogen-bond acceptors (Lipinski definition) is 5. The van der Waals surface area contributed by atoms with Gasteiger partial charge in [0, 0.05) is 17.8 Å². The zero-order valence-corrected chi connectivity index (χ0v) is 15.4. The van der Waals surface area contributed by atoms with Gasteiger partial charge in [0.2, 0.25) is 0 Å². The van der Waals surface area contributed by atoms with Crippen molar-refractivity contribution in [3.8, 4) is 22.8 Å². The van der Waals surface area contributed by atoms with Crippen molar-refractivity contribution in [3.05, 3.63) is 77.0 Å². The van der Waals surface area contributed by atoms with Crippen LogP contribution in [0.2, 0.25) is 0 Å². The van der Waals surface area contributed by atoms with Crippen LogP contribution in [0.1, 0.15) is 18.4 Å². The lowest BCUT2D eigenvalue weighted by molar-refractivity contribution is 0.301. The van der Waals surface area contributed by atoms with Gasteiger partial charge in [-0.05, 0) is 60.7 Å². The number of nitrogens with zero attached hydrogens (tertiary/aromatic N) is 4. The standard InChI is InChI=1S/C22H18N4O2/c1-14-18(4-2-5-20(14)28-17-7-8-17)15-6-9-19-16(12-15)13-25-26(21(19)27)22-23-10-3-11-24-22/h2-6,9-13,17H,7-8H2,1H3. The van der Waals surface area contributed by atoms with E-state index < -0.39 is 0 Å². The zero-order valence-electron chi connectivity index (χ0n) is 15.4. The van der Waals surface area contributed by atoms with E-state index in [1.54, 1.807) is 24.7 Å². The second-order valence-corrected chi connectivity index (χ2v) is 6.96. The van der Waals surface area contributed by atoms with E-state index in [2.05, 4.69) is 28.1 Å². The third-order valence-electron chi connectivity index (χ3n) is 4.94. The fourth-order valence-corrected chi connectivity index (χ4v) is 3.28. The van der Waals surface area contributed by atoms with Crippen molar-refractivity contribution in [2.24, 2.45) is 0 Å². The molecule has 6 heteroatoms. The number of aromatic nitrogens is 4. The molecule has 2 aromatic heterocycles. The van der Waals surface area contributed by atoms with Crippen LogP contribution in [0, 0.1) is 6.92 Å². The third-order valence-corrected chi connectivity index (χ3v) is 4.94. The van der Waals surface area contributed by atoms with Crippen LogP contribution < -0.4 is 10.3 Å². The summed E-state index contributed by atoms with van der Waals surface area (Å²) in [6, 6.07) is 13.6. The van der Waals surface area contributed by atoms with Gasteiger partial charge in [0.15, 0.2) is 0 Å². The molecule has 2 aromatic carbocycles. The van der Waals surface area contributed by atoms with Gasteiger partial charge in [0.25, 0.3) is 11.5 Å². The van der Waals surface area contributed by atoms with Crippen molar-refractivity contribution in [3.63, 3.8) is 0 Å². The van der Waals surface area contributed by atoms with Crippen LogP contribution in [0.25, 0.3) is 27.8 Å². The van der Waals surface area contributed by atoms with Crippen molar-refractivity contribution in [1.29, 1.82) is 0 Å². The minimum atomic E-state index is -0.238. The molecule has 0 atom stereocenters. The lowest BCUT2D eigenvalue weighted by Gasteiger charge is -2.13. The molecule has 0 amide bonds. The summed E-state index contributed by atoms with van der Waals surface area (Å²) < 4.78 is 7.23. The molecule has 5 rings (SSSR count). The molecule has 1 aliphatic carbocycles. The van der Waals surface area contributed by atoms with Crippen molar-refractivity contribution in [1.82, 2.24) is 19.7 Å². The summed E-state index contributed by atoms with van der Waals surface area (Å²) in [4.78, 5) is 21.0. The Labute approximate surface area is 161 Å². The van der Waals surface area contributed by atoms with Crippen molar-refractivity contribution in [2.75, 3.05) is 0 Å². The molecule has 4 aromatic rings. The SMILES string of the molecule is Cc1c(OC2CC2)cccc1-c1ccc2c(=O)n(-c3ncccn3)ncc2c1. The Bertz CT molecular complexity index is 1230. The maximum atomic E-state index is 12.8. The van der Waals surface area contributed by atoms with Gasteiger partial charge in [0.1, 0.15) is 5.75 Å². The van der Waals surface area contributed by atoms with E-state index in [9.17, 15) is 4.79 Å². The summed E-state index contributed by atoms with van der Waals surface area (Å²) >= 11 is 0. The minimum Gasteiger partial charge on any atom is -0.490 e. The predicted molar refractivity (Wildman–Crippen MR) is 107 cm³/mol. The van der Waals surface area contributed by atoms with Gasteiger partial charge >= 0.3 is 0 Å². The summed E-state index contributed by atoms with van der Waals surface area (Å²) in [7, 11) is 0. The van der Waals surface area contributed by atoms with Crippen LogP contribution in [0.15, 0.2) is 65.8 Å². The van der Waals surface area contributed by atoms with E-state index in [0.717, 1.165) is 40.7 Å². The van der Waals surface area contributed by atoms with Gasteiger partial charge in [-0.15, -0.1) is 0 Å². The van der Waals surface area contributed by atoms with Crippen LogP contribution in [-0.4, -0.2) is 25.9 Å². The largest absolute Gasteiger partial charge is 0.490 e. The van der Waals surface area contributed by atoms with E-state index in [1.165, 1.54) is 4.68 Å². The predicted octanol–water partition coefficient (Wildman–Crippen LogP) is 3.69. The molecule has 2 heterocycles. The maximum Gasteiger partial charge on any atom is 0.282 e. The van der Waals surface area contributed by atoms with Crippen molar-refractivity contribution >= 4 is 10.8 Å². The van der Waals surface area contributed by atoms with Gasteiger partial charge in [0.05, 0.1) is 17.7 Å². The Hall–Kier alpha value is -3.54. The highest BCUT2D eigenvalue weighted by Crippen LogP contribution is 2.34. The fraction of sp³-hybridized carbons (Fsp3) is 0.182. The minimum absolute atomic E-state index is 0.238. The van der Waals surface area contributed by atoms with E-state index in [0.29, 0.717) is 11.5 Å². The molecule has 0 N–H and O–H groups in total. The Morgan fingerprint density at radius 1 is 1.07 bits per heavy atom. The first kappa shape index (κ1) is 16.6. The number of benzene rings is 2. The second-order valence-electron chi connectivity index (χ2n) is 6.96. The Kier molecular flexibility index (Phi) is 3.90. The first-order valence-electron chi connectivity index (χ1n) is 9.27. The van der Waals surface area contributed by atoms with E-state index in [4.69, 9.17) is 4.74 Å². The van der Waals surface area contributed by atoms with Crippen LogP contribution >= 0.6 is 0 Å². The molecule has 0 bridgehead atoms. The van der Waals surface area contributed by atoms with Crippen LogP contribution in [0.5, 0.6) is 5.75 Å². The Balaban J connectivity index is 1.59. The maximum absolute atomic E-state index is 12.8. The summed E-state index contributed by atoms with van der Waals surface area (Å²) in [6.07, 6.45) is 7.46. The van der Waals surface area contributed by atoms with Crippen LogP contribution in [0.3, 0.4) is 0 Å². The smallest absolute Gasteiger partial charge is 0.282 e. The summed E-state index contributed by atoms with van der Waals surface area (Å²) in [6.45, 7) is 2.07. The normalized spacial score (nSPS) is 13.6. The number of rotatable bonds is 4. The quantitative estimate of drug-likeness (QED) is 0.548. The molecule has 1 saturated carbocycles. The topological polar surface area (TPSA) is 69.9 Å². The van der Waals surface area contributed by atoms with Crippen LogP contribution in [-0.2, 0) is 0 Å². The number of ether oxygens (including phenoxy) is 1. The van der Waals surface area contributed by atoms with Gasteiger partial charge in [-0.3, -0.25) is 4.79 Å². The molecule has 1 aliphatic rings. The number of hydrogen-bond donors (Lipinski definition) is 0. The highest BCUT2D eigenvalue weighted by atomic mass is 16.5. The first-order chi connectivity index (χ1) is 13.7. The molecule has 1 fully saturated rings. The highest BCUT2D eigenvalue weighted by Gasteiger charge is 2.24. The first-order valence-corrected chi connectivity index (χ1v) is 9.27. The molecule has 0 unspecified atom stereocenters. The molecule has 0 radical (unpaired) electrons. The van der Waals surface area contributed by atoms with Crippen molar-refractivity contribution in [2.45, 2.75) is 25.9 Å². The molecule has 0 spiro atoms. The zero-order chi connectivity index (χ0) is 19.1. The molecule has 6 nitrogen and oxygen atoms in total. The molecular formula is C22H18N4O2. The molecule has 138 valence electrons. The average molecular weight is 370 g/mol. The highest BCUT2D eigenvalue weighted by molar-refractivity contribution is 5.87. The Morgan fingerprint density at radius 3 is 2.68 bits per heavy atom. The number of fused-ring (bicyclic) bond motifs is 1. The van der Waals surface area contributed by atoms with Gasteiger partial charge in [-0.2, -0.15) is 9.78 Å². The van der Waals surface area contributed by atoms with Crippen LogP contribution in [0.4, 0.5) is 0 Å². The van der Waals surface area contributed by atoms with Crippen molar-refractivity contribution < 1.29 is 4.74 Å². The monoisotopic (exact) mass is 370 g/mol. The summed E-state index contributed by atoms with van der Waals surface area (Å²) in [5.74, 6) is 1.19. The van der Waals surface area contributed by atoms with Gasteiger partial charge in [-0.1, -0.05) is 18.2 Å². The van der Waals surface area contributed by atoms with Gasteiger partial charge in [-0.25, -0.2) is 9.97 Å². The fourth-order valence-electron chi connectivity index (χ4n) is 3.28. The van der Waals surface area contributed by atoms with E-state index in [-0.39, 0.29) is 11.5 Å². The second kappa shape index (κ2) is 6.56.